The number of carbonyl (C=O) groups is 1. The van der Waals surface area contributed by atoms with Crippen molar-refractivity contribution in [2.24, 2.45) is 5.92 Å². The topological polar surface area (TPSA) is 37.3 Å². The van der Waals surface area contributed by atoms with E-state index in [1.54, 1.807) is 0 Å². The summed E-state index contributed by atoms with van der Waals surface area (Å²) in [6.07, 6.45) is 6.46. The van der Waals surface area contributed by atoms with Crippen LogP contribution in [0.1, 0.15) is 38.5 Å². The molecule has 1 rings (SSSR count). The molecule has 0 heterocycles. The Morgan fingerprint density at radius 1 is 1.09 bits per heavy atom. The maximum Gasteiger partial charge on any atom is 0.306 e. The molecule has 0 aromatic carbocycles. The maximum atomic E-state index is 10.5. The summed E-state index contributed by atoms with van der Waals surface area (Å²) in [4.78, 5) is 10.5. The van der Waals surface area contributed by atoms with E-state index in [4.69, 9.17) is 5.11 Å². The molecule has 2 nitrogen and oxygen atoms in total. The molecular formula is C8H14HgO2. The first kappa shape index (κ1) is 11.4. The van der Waals surface area contributed by atoms with Crippen molar-refractivity contribution in [3.8, 4) is 0 Å². The zero-order valence-corrected chi connectivity index (χ0v) is 12.4. The first-order valence-electron chi connectivity index (χ1n) is 4.03. The fraction of sp³-hybridized carbons (Fsp3) is 0.875. The second kappa shape index (κ2) is 5.98. The van der Waals surface area contributed by atoms with Crippen LogP contribution in [0.15, 0.2) is 0 Å². The van der Waals surface area contributed by atoms with Gasteiger partial charge in [0, 0.05) is 27.7 Å². The summed E-state index contributed by atoms with van der Waals surface area (Å²) < 4.78 is 0. The third-order valence-corrected chi connectivity index (χ3v) is 2.20. The molecule has 0 amide bonds. The summed E-state index contributed by atoms with van der Waals surface area (Å²) in [5, 5.41) is 8.66. The first-order valence-corrected chi connectivity index (χ1v) is 4.03. The molecule has 0 aliphatic heterocycles. The van der Waals surface area contributed by atoms with Crippen molar-refractivity contribution in [3.63, 3.8) is 0 Å². The minimum Gasteiger partial charge on any atom is -0.481 e. The number of carboxylic acid groups (broad SMARTS) is 1. The molecule has 0 spiro atoms. The zero-order chi connectivity index (χ0) is 7.40. The zero-order valence-electron chi connectivity index (χ0n) is 6.88. The third kappa shape index (κ3) is 4.09. The van der Waals surface area contributed by atoms with Crippen molar-refractivity contribution in [1.29, 1.82) is 0 Å². The van der Waals surface area contributed by atoms with Gasteiger partial charge in [-0.2, -0.15) is 0 Å². The Bertz CT molecular complexity index is 117. The average molecular weight is 343 g/mol. The molecule has 0 unspecified atom stereocenters. The summed E-state index contributed by atoms with van der Waals surface area (Å²) in [5.41, 5.74) is 0. The maximum absolute atomic E-state index is 10.5. The van der Waals surface area contributed by atoms with Crippen molar-refractivity contribution >= 4 is 5.97 Å². The van der Waals surface area contributed by atoms with Gasteiger partial charge in [0.05, 0.1) is 5.92 Å². The van der Waals surface area contributed by atoms with Crippen LogP contribution >= 0.6 is 0 Å². The Balaban J connectivity index is 0.000001000. The molecule has 60 valence electrons. The van der Waals surface area contributed by atoms with Crippen LogP contribution in [0.25, 0.3) is 0 Å². The number of aliphatic carboxylic acids is 1. The van der Waals surface area contributed by atoms with E-state index in [2.05, 4.69) is 0 Å². The Hall–Kier alpha value is 0.405. The number of hydrogen-bond acceptors (Lipinski definition) is 1. The quantitative estimate of drug-likeness (QED) is 0.585. The summed E-state index contributed by atoms with van der Waals surface area (Å²) >= 11 is 0. The molecule has 0 saturated heterocycles. The van der Waals surface area contributed by atoms with E-state index in [1.165, 1.54) is 12.8 Å². The second-order valence-electron chi connectivity index (χ2n) is 3.03. The van der Waals surface area contributed by atoms with Gasteiger partial charge in [0.1, 0.15) is 0 Å². The smallest absolute Gasteiger partial charge is 0.306 e. The first-order chi connectivity index (χ1) is 4.80. The van der Waals surface area contributed by atoms with Gasteiger partial charge >= 0.3 is 5.97 Å². The van der Waals surface area contributed by atoms with Crippen molar-refractivity contribution in [2.45, 2.75) is 38.5 Å². The van der Waals surface area contributed by atoms with Gasteiger partial charge in [-0.1, -0.05) is 25.7 Å². The Kier molecular flexibility index (Phi) is 6.20. The van der Waals surface area contributed by atoms with Gasteiger partial charge < -0.3 is 5.11 Å². The standard InChI is InChI=1S/C8H14O2.Hg/c9-8(10)7-5-3-1-2-4-6-7;/h7H,1-6H2,(H,9,10);. The Morgan fingerprint density at radius 3 is 1.91 bits per heavy atom. The van der Waals surface area contributed by atoms with Gasteiger partial charge in [0.2, 0.25) is 0 Å². The van der Waals surface area contributed by atoms with Gasteiger partial charge in [0.25, 0.3) is 0 Å². The van der Waals surface area contributed by atoms with Crippen LogP contribution in [0, 0.1) is 5.92 Å². The summed E-state index contributed by atoms with van der Waals surface area (Å²) in [7, 11) is 0. The van der Waals surface area contributed by atoms with E-state index >= 15 is 0 Å². The molecule has 0 radical (unpaired) electrons. The van der Waals surface area contributed by atoms with Crippen LogP contribution in [0.4, 0.5) is 0 Å². The SMILES string of the molecule is O=C(O)C1CCCCCC1.[Hg]. The van der Waals surface area contributed by atoms with Crippen LogP contribution in [0.5, 0.6) is 0 Å². The molecule has 1 aliphatic carbocycles. The monoisotopic (exact) mass is 344 g/mol. The molecule has 0 atom stereocenters. The van der Waals surface area contributed by atoms with Crippen molar-refractivity contribution in [1.82, 2.24) is 0 Å². The minimum absolute atomic E-state index is 0. The van der Waals surface area contributed by atoms with Gasteiger partial charge in [0.15, 0.2) is 0 Å². The van der Waals surface area contributed by atoms with Crippen LogP contribution in [-0.4, -0.2) is 11.1 Å². The van der Waals surface area contributed by atoms with Crippen molar-refractivity contribution in [3.05, 3.63) is 0 Å². The summed E-state index contributed by atoms with van der Waals surface area (Å²) in [6, 6.07) is 0. The largest absolute Gasteiger partial charge is 0.481 e. The van der Waals surface area contributed by atoms with Crippen molar-refractivity contribution in [2.75, 3.05) is 0 Å². The summed E-state index contributed by atoms with van der Waals surface area (Å²) in [6.45, 7) is 0. The summed E-state index contributed by atoms with van der Waals surface area (Å²) in [5.74, 6) is -0.635. The molecule has 0 bridgehead atoms. The number of carboxylic acids is 1. The van der Waals surface area contributed by atoms with Gasteiger partial charge in [-0.25, -0.2) is 0 Å². The fourth-order valence-corrected chi connectivity index (χ4v) is 1.53. The molecular weight excluding hydrogens is 329 g/mol. The Morgan fingerprint density at radius 2 is 1.55 bits per heavy atom. The molecule has 1 N–H and O–H groups in total. The van der Waals surface area contributed by atoms with Crippen LogP contribution < -0.4 is 0 Å². The van der Waals surface area contributed by atoms with Crippen LogP contribution in [0.3, 0.4) is 0 Å². The molecule has 0 aromatic rings. The molecule has 0 aromatic heterocycles. The second-order valence-corrected chi connectivity index (χ2v) is 3.03. The molecule has 1 saturated carbocycles. The van der Waals surface area contributed by atoms with E-state index in [9.17, 15) is 4.79 Å². The normalized spacial score (nSPS) is 20.0. The molecule has 1 aliphatic rings. The fourth-order valence-electron chi connectivity index (χ4n) is 1.53. The molecule has 11 heavy (non-hydrogen) atoms. The van der Waals surface area contributed by atoms with Crippen molar-refractivity contribution < 1.29 is 37.6 Å². The van der Waals surface area contributed by atoms with E-state index in [-0.39, 0.29) is 33.6 Å². The van der Waals surface area contributed by atoms with E-state index in [1.807, 2.05) is 0 Å². The van der Waals surface area contributed by atoms with E-state index in [0.717, 1.165) is 25.7 Å². The predicted molar refractivity (Wildman–Crippen MR) is 38.8 cm³/mol. The van der Waals surface area contributed by atoms with E-state index in [0.29, 0.717) is 0 Å². The van der Waals surface area contributed by atoms with Crippen LogP contribution in [0.2, 0.25) is 0 Å². The number of rotatable bonds is 1. The van der Waals surface area contributed by atoms with Crippen LogP contribution in [-0.2, 0) is 32.5 Å². The Labute approximate surface area is 87.9 Å². The predicted octanol–water partition coefficient (Wildman–Crippen LogP) is 2.04. The third-order valence-electron chi connectivity index (χ3n) is 2.20. The van der Waals surface area contributed by atoms with Gasteiger partial charge in [-0.05, 0) is 12.8 Å². The average Bonchev–Trinajstić information content (AvgIpc) is 2.12. The van der Waals surface area contributed by atoms with Gasteiger partial charge in [-0.15, -0.1) is 0 Å². The molecule has 3 heteroatoms. The van der Waals surface area contributed by atoms with Gasteiger partial charge in [-0.3, -0.25) is 4.79 Å². The van der Waals surface area contributed by atoms with E-state index < -0.39 is 5.97 Å². The number of hydrogen-bond donors (Lipinski definition) is 1. The minimum atomic E-state index is -0.595. The molecule has 1 fully saturated rings.